The van der Waals surface area contributed by atoms with Crippen molar-refractivity contribution < 1.29 is 4.79 Å². The zero-order valence-electron chi connectivity index (χ0n) is 17.5. The molecule has 32 heavy (non-hydrogen) atoms. The van der Waals surface area contributed by atoms with E-state index in [4.69, 9.17) is 17.3 Å². The molecule has 0 unspecified atom stereocenters. The lowest BCUT2D eigenvalue weighted by molar-refractivity contribution is 0.0968. The molecule has 4 rings (SSSR count). The third-order valence-electron chi connectivity index (χ3n) is 5.24. The number of carbonyl (C=O) groups excluding carboxylic acids is 1. The summed E-state index contributed by atoms with van der Waals surface area (Å²) in [5.74, 6) is -0.189. The molecular formula is C23H22ClN5O3. The van der Waals surface area contributed by atoms with E-state index >= 15 is 0 Å². The molecule has 2 heterocycles. The van der Waals surface area contributed by atoms with Crippen molar-refractivity contribution in [3.63, 3.8) is 0 Å². The van der Waals surface area contributed by atoms with Crippen LogP contribution in [0.5, 0.6) is 0 Å². The van der Waals surface area contributed by atoms with Crippen LogP contribution in [0.4, 0.5) is 5.82 Å². The minimum Gasteiger partial charge on any atom is -0.383 e. The second-order valence-corrected chi connectivity index (χ2v) is 7.92. The van der Waals surface area contributed by atoms with Crippen LogP contribution in [0.1, 0.15) is 29.3 Å². The van der Waals surface area contributed by atoms with Crippen LogP contribution in [0.15, 0.2) is 64.2 Å². The zero-order chi connectivity index (χ0) is 22.8. The van der Waals surface area contributed by atoms with Gasteiger partial charge in [0.05, 0.1) is 6.54 Å². The van der Waals surface area contributed by atoms with E-state index in [1.165, 1.54) is 13.8 Å². The molecule has 164 valence electrons. The molecule has 0 aliphatic carbocycles. The van der Waals surface area contributed by atoms with Gasteiger partial charge < -0.3 is 5.73 Å². The lowest BCUT2D eigenvalue weighted by atomic mass is 10.1. The Balaban J connectivity index is 1.85. The van der Waals surface area contributed by atoms with Crippen LogP contribution in [0.2, 0.25) is 5.02 Å². The molecule has 0 amide bonds. The molecule has 2 aromatic carbocycles. The number of halogens is 1. The number of nitrogen functional groups attached to an aromatic ring is 1. The number of fused-ring (bicyclic) bond motifs is 1. The summed E-state index contributed by atoms with van der Waals surface area (Å²) in [7, 11) is 0. The summed E-state index contributed by atoms with van der Waals surface area (Å²) in [5.41, 5.74) is 6.79. The summed E-state index contributed by atoms with van der Waals surface area (Å²) in [4.78, 5) is 39.0. The molecule has 0 bridgehead atoms. The first-order chi connectivity index (χ1) is 15.4. The van der Waals surface area contributed by atoms with E-state index in [0.717, 1.165) is 5.56 Å². The quantitative estimate of drug-likeness (QED) is 0.435. The second kappa shape index (κ2) is 8.84. The van der Waals surface area contributed by atoms with Crippen LogP contribution in [0.3, 0.4) is 0 Å². The van der Waals surface area contributed by atoms with Crippen LogP contribution in [-0.4, -0.2) is 24.7 Å². The predicted molar refractivity (Wildman–Crippen MR) is 124 cm³/mol. The van der Waals surface area contributed by atoms with Crippen molar-refractivity contribution in [1.82, 2.24) is 18.9 Å². The van der Waals surface area contributed by atoms with E-state index in [0.29, 0.717) is 17.0 Å². The van der Waals surface area contributed by atoms with E-state index in [2.05, 4.69) is 5.10 Å². The fourth-order valence-electron chi connectivity index (χ4n) is 3.63. The first-order valence-electron chi connectivity index (χ1n) is 10.2. The monoisotopic (exact) mass is 451 g/mol. The molecule has 0 fully saturated rings. The third-order valence-corrected chi connectivity index (χ3v) is 5.49. The van der Waals surface area contributed by atoms with Gasteiger partial charge >= 0.3 is 5.69 Å². The van der Waals surface area contributed by atoms with Gasteiger partial charge in [-0.05, 0) is 36.2 Å². The van der Waals surface area contributed by atoms with Gasteiger partial charge in [-0.25, -0.2) is 9.48 Å². The number of ketones is 1. The summed E-state index contributed by atoms with van der Waals surface area (Å²) in [6, 6.07) is 15.9. The molecule has 0 saturated carbocycles. The zero-order valence-corrected chi connectivity index (χ0v) is 18.2. The minimum atomic E-state index is -0.501. The largest absolute Gasteiger partial charge is 0.383 e. The summed E-state index contributed by atoms with van der Waals surface area (Å²) in [6.07, 6.45) is 0.606. The van der Waals surface area contributed by atoms with E-state index in [1.807, 2.05) is 37.3 Å². The SMILES string of the molecule is CCCn1c(=O)c2c(N)n(CC(=O)c3ccc(Cl)cc3)nc2n(Cc2ccccc2)c1=O. The molecule has 0 atom stereocenters. The molecule has 0 saturated heterocycles. The first-order valence-corrected chi connectivity index (χ1v) is 10.6. The van der Waals surface area contributed by atoms with Gasteiger partial charge in [0.1, 0.15) is 17.7 Å². The van der Waals surface area contributed by atoms with Gasteiger partial charge in [0.2, 0.25) is 0 Å². The van der Waals surface area contributed by atoms with Crippen molar-refractivity contribution in [3.8, 4) is 0 Å². The molecule has 9 heteroatoms. The smallest absolute Gasteiger partial charge is 0.333 e. The van der Waals surface area contributed by atoms with Crippen molar-refractivity contribution in [2.75, 3.05) is 5.73 Å². The molecule has 2 aromatic heterocycles. The third kappa shape index (κ3) is 3.97. The van der Waals surface area contributed by atoms with Crippen LogP contribution in [0.25, 0.3) is 11.0 Å². The maximum atomic E-state index is 13.2. The van der Waals surface area contributed by atoms with E-state index in [-0.39, 0.29) is 42.3 Å². The van der Waals surface area contributed by atoms with Crippen molar-refractivity contribution in [1.29, 1.82) is 0 Å². The van der Waals surface area contributed by atoms with Crippen LogP contribution in [0, 0.1) is 0 Å². The normalized spacial score (nSPS) is 11.2. The number of rotatable bonds is 7. The molecule has 0 aliphatic rings. The average molecular weight is 452 g/mol. The highest BCUT2D eigenvalue weighted by Gasteiger charge is 2.22. The Morgan fingerprint density at radius 1 is 1.03 bits per heavy atom. The maximum absolute atomic E-state index is 13.2. The Bertz CT molecular complexity index is 1400. The van der Waals surface area contributed by atoms with Crippen LogP contribution >= 0.6 is 11.6 Å². The van der Waals surface area contributed by atoms with E-state index in [9.17, 15) is 14.4 Å². The van der Waals surface area contributed by atoms with Crippen molar-refractivity contribution in [3.05, 3.63) is 91.6 Å². The molecule has 0 radical (unpaired) electrons. The van der Waals surface area contributed by atoms with Gasteiger partial charge in [0.25, 0.3) is 5.56 Å². The first kappa shape index (κ1) is 21.6. The molecule has 0 spiro atoms. The number of aromatic nitrogens is 4. The standard InChI is InChI=1S/C23H22ClN5O3/c1-2-12-27-22(31)19-20(25)29(14-18(30)16-8-10-17(24)11-9-16)26-21(19)28(23(27)32)13-15-6-4-3-5-7-15/h3-11H,2,12-14,25H2,1H3. The molecule has 4 aromatic rings. The maximum Gasteiger partial charge on any atom is 0.333 e. The highest BCUT2D eigenvalue weighted by molar-refractivity contribution is 6.30. The Morgan fingerprint density at radius 2 is 1.72 bits per heavy atom. The number of hydrogen-bond acceptors (Lipinski definition) is 5. The van der Waals surface area contributed by atoms with Crippen LogP contribution < -0.4 is 17.0 Å². The lowest BCUT2D eigenvalue weighted by Crippen LogP contribution is -2.40. The second-order valence-electron chi connectivity index (χ2n) is 7.48. The Kier molecular flexibility index (Phi) is 5.96. The number of nitrogens with two attached hydrogens (primary N) is 1. The molecule has 0 aliphatic heterocycles. The number of carbonyl (C=O) groups is 1. The predicted octanol–water partition coefficient (Wildman–Crippen LogP) is 2.94. The summed E-state index contributed by atoms with van der Waals surface area (Å²) in [6.45, 7) is 2.20. The fourth-order valence-corrected chi connectivity index (χ4v) is 3.75. The van der Waals surface area contributed by atoms with Crippen molar-refractivity contribution >= 4 is 34.2 Å². The molecule has 8 nitrogen and oxygen atoms in total. The number of nitrogens with zero attached hydrogens (tertiary/aromatic N) is 4. The van der Waals surface area contributed by atoms with E-state index < -0.39 is 11.2 Å². The number of Topliss-reactive ketones (excluding diaryl/α,β-unsaturated/α-hetero) is 1. The summed E-state index contributed by atoms with van der Waals surface area (Å²) >= 11 is 5.89. The Hall–Kier alpha value is -3.65. The number of benzene rings is 2. The topological polar surface area (TPSA) is 105 Å². The van der Waals surface area contributed by atoms with Gasteiger partial charge in [0, 0.05) is 17.1 Å². The van der Waals surface area contributed by atoms with Gasteiger partial charge in [-0.15, -0.1) is 0 Å². The van der Waals surface area contributed by atoms with Gasteiger partial charge in [-0.1, -0.05) is 48.9 Å². The number of hydrogen-bond donors (Lipinski definition) is 1. The molecular weight excluding hydrogens is 430 g/mol. The van der Waals surface area contributed by atoms with Crippen molar-refractivity contribution in [2.24, 2.45) is 0 Å². The Morgan fingerprint density at radius 3 is 2.38 bits per heavy atom. The highest BCUT2D eigenvalue weighted by atomic mass is 35.5. The minimum absolute atomic E-state index is 0.0546. The average Bonchev–Trinajstić information content (AvgIpc) is 3.11. The van der Waals surface area contributed by atoms with Gasteiger partial charge in [-0.2, -0.15) is 5.10 Å². The molecule has 2 N–H and O–H groups in total. The van der Waals surface area contributed by atoms with E-state index in [1.54, 1.807) is 24.3 Å². The number of anilines is 1. The van der Waals surface area contributed by atoms with Gasteiger partial charge in [0.15, 0.2) is 11.4 Å². The summed E-state index contributed by atoms with van der Waals surface area (Å²) in [5, 5.41) is 5.07. The van der Waals surface area contributed by atoms with Crippen molar-refractivity contribution in [2.45, 2.75) is 33.0 Å². The fraction of sp³-hybridized carbons (Fsp3) is 0.217. The Labute approximate surface area is 188 Å². The lowest BCUT2D eigenvalue weighted by Gasteiger charge is -2.10. The van der Waals surface area contributed by atoms with Crippen LogP contribution in [-0.2, 0) is 19.6 Å². The summed E-state index contributed by atoms with van der Waals surface area (Å²) < 4.78 is 3.89. The van der Waals surface area contributed by atoms with Gasteiger partial charge in [-0.3, -0.25) is 18.7 Å². The highest BCUT2D eigenvalue weighted by Crippen LogP contribution is 2.18.